The molecule has 1 aromatic rings. The minimum atomic E-state index is 0.0979. The molecule has 0 aliphatic carbocycles. The van der Waals surface area contributed by atoms with Gasteiger partial charge in [-0.05, 0) is 11.4 Å². The van der Waals surface area contributed by atoms with E-state index in [-0.39, 0.29) is 12.0 Å². The summed E-state index contributed by atoms with van der Waals surface area (Å²) in [4.78, 5) is 1.40. The van der Waals surface area contributed by atoms with E-state index in [0.29, 0.717) is 13.2 Å². The summed E-state index contributed by atoms with van der Waals surface area (Å²) in [5.74, 6) is 0. The fourth-order valence-corrected chi connectivity index (χ4v) is 2.31. The fourth-order valence-electron chi connectivity index (χ4n) is 1.46. The van der Waals surface area contributed by atoms with Gasteiger partial charge in [0.1, 0.15) is 0 Å². The predicted octanol–water partition coefficient (Wildman–Crippen LogP) is 1.62. The minimum absolute atomic E-state index is 0.0979. The molecule has 1 heterocycles. The first-order chi connectivity index (χ1) is 7.67. The lowest BCUT2D eigenvalue weighted by molar-refractivity contribution is 0.0934. The molecule has 0 radical (unpaired) electrons. The lowest BCUT2D eigenvalue weighted by Crippen LogP contribution is -2.34. The van der Waals surface area contributed by atoms with Crippen molar-refractivity contribution in [1.29, 1.82) is 0 Å². The second-order valence-electron chi connectivity index (χ2n) is 4.37. The third-order valence-electron chi connectivity index (χ3n) is 2.41. The number of hydrogen-bond acceptors (Lipinski definition) is 4. The Bertz CT molecular complexity index is 273. The van der Waals surface area contributed by atoms with E-state index in [1.54, 1.807) is 11.3 Å². The Kier molecular flexibility index (Phi) is 5.98. The number of thiophene rings is 1. The highest BCUT2D eigenvalue weighted by Crippen LogP contribution is 2.26. The Morgan fingerprint density at radius 1 is 1.44 bits per heavy atom. The summed E-state index contributed by atoms with van der Waals surface area (Å²) in [7, 11) is 0. The summed E-state index contributed by atoms with van der Waals surface area (Å²) < 4.78 is 5.18. The Labute approximate surface area is 101 Å². The van der Waals surface area contributed by atoms with E-state index in [2.05, 4.69) is 36.7 Å². The number of aliphatic hydroxyl groups is 1. The standard InChI is InChI=1S/C12H21NO2S/c1-12(2,11-4-3-9-16-11)10-13-5-7-15-8-6-14/h3-4,9,13-14H,5-8,10H2,1-2H3. The number of hydrogen-bond donors (Lipinski definition) is 2. The first-order valence-corrected chi connectivity index (χ1v) is 6.48. The molecule has 0 spiro atoms. The van der Waals surface area contributed by atoms with Crippen LogP contribution in [-0.2, 0) is 10.2 Å². The molecule has 3 nitrogen and oxygen atoms in total. The van der Waals surface area contributed by atoms with Crippen LogP contribution >= 0.6 is 11.3 Å². The molecule has 0 bridgehead atoms. The van der Waals surface area contributed by atoms with Gasteiger partial charge in [-0.1, -0.05) is 19.9 Å². The molecule has 2 N–H and O–H groups in total. The van der Waals surface area contributed by atoms with E-state index >= 15 is 0 Å². The average Bonchev–Trinajstić information content (AvgIpc) is 2.77. The third kappa shape index (κ3) is 4.61. The van der Waals surface area contributed by atoms with Gasteiger partial charge in [-0.2, -0.15) is 0 Å². The van der Waals surface area contributed by atoms with E-state index in [0.717, 1.165) is 13.1 Å². The molecule has 0 saturated heterocycles. The monoisotopic (exact) mass is 243 g/mol. The highest BCUT2D eigenvalue weighted by atomic mass is 32.1. The van der Waals surface area contributed by atoms with Crippen molar-refractivity contribution in [2.75, 3.05) is 32.9 Å². The average molecular weight is 243 g/mol. The molecule has 0 atom stereocenters. The maximum Gasteiger partial charge on any atom is 0.0698 e. The maximum atomic E-state index is 8.53. The molecule has 0 unspecified atom stereocenters. The van der Waals surface area contributed by atoms with Crippen molar-refractivity contribution in [3.8, 4) is 0 Å². The van der Waals surface area contributed by atoms with Crippen LogP contribution in [0.3, 0.4) is 0 Å². The van der Waals surface area contributed by atoms with Gasteiger partial charge in [0, 0.05) is 23.4 Å². The van der Waals surface area contributed by atoms with Crippen LogP contribution in [0.5, 0.6) is 0 Å². The first kappa shape index (κ1) is 13.6. The Morgan fingerprint density at radius 2 is 2.25 bits per heavy atom. The summed E-state index contributed by atoms with van der Waals surface area (Å²) in [6.45, 7) is 7.42. The first-order valence-electron chi connectivity index (χ1n) is 5.60. The van der Waals surface area contributed by atoms with Crippen molar-refractivity contribution in [2.45, 2.75) is 19.3 Å². The smallest absolute Gasteiger partial charge is 0.0698 e. The summed E-state index contributed by atoms with van der Waals surface area (Å²) in [5, 5.41) is 14.0. The molecule has 4 heteroatoms. The number of ether oxygens (including phenoxy) is 1. The van der Waals surface area contributed by atoms with Gasteiger partial charge in [0.2, 0.25) is 0 Å². The Morgan fingerprint density at radius 3 is 2.88 bits per heavy atom. The molecule has 0 aliphatic heterocycles. The predicted molar refractivity (Wildman–Crippen MR) is 68.1 cm³/mol. The lowest BCUT2D eigenvalue weighted by Gasteiger charge is -2.23. The molecule has 92 valence electrons. The second-order valence-corrected chi connectivity index (χ2v) is 5.32. The van der Waals surface area contributed by atoms with E-state index in [4.69, 9.17) is 9.84 Å². The summed E-state index contributed by atoms with van der Waals surface area (Å²) in [6, 6.07) is 4.26. The molecule has 0 amide bonds. The topological polar surface area (TPSA) is 41.5 Å². The van der Waals surface area contributed by atoms with Gasteiger partial charge in [0.25, 0.3) is 0 Å². The van der Waals surface area contributed by atoms with Crippen LogP contribution < -0.4 is 5.32 Å². The van der Waals surface area contributed by atoms with Gasteiger partial charge in [0.15, 0.2) is 0 Å². The van der Waals surface area contributed by atoms with Crippen molar-refractivity contribution >= 4 is 11.3 Å². The van der Waals surface area contributed by atoms with Gasteiger partial charge in [-0.3, -0.25) is 0 Å². The molecule has 0 aliphatic rings. The van der Waals surface area contributed by atoms with E-state index in [1.807, 2.05) is 0 Å². The summed E-state index contributed by atoms with van der Waals surface area (Å²) in [6.07, 6.45) is 0. The van der Waals surface area contributed by atoms with Crippen molar-refractivity contribution < 1.29 is 9.84 Å². The Balaban J connectivity index is 2.17. The molecule has 1 rings (SSSR count). The zero-order valence-corrected chi connectivity index (χ0v) is 10.8. The van der Waals surface area contributed by atoms with Crippen LogP contribution in [0, 0.1) is 0 Å². The van der Waals surface area contributed by atoms with Crippen LogP contribution in [0.15, 0.2) is 17.5 Å². The van der Waals surface area contributed by atoms with Crippen molar-refractivity contribution in [2.24, 2.45) is 0 Å². The van der Waals surface area contributed by atoms with E-state index in [9.17, 15) is 0 Å². The second kappa shape index (κ2) is 7.01. The van der Waals surface area contributed by atoms with Crippen LogP contribution in [0.25, 0.3) is 0 Å². The molecule has 0 aromatic carbocycles. The van der Waals surface area contributed by atoms with Gasteiger partial charge in [0.05, 0.1) is 19.8 Å². The van der Waals surface area contributed by atoms with Crippen LogP contribution in [0.1, 0.15) is 18.7 Å². The van der Waals surface area contributed by atoms with Gasteiger partial charge < -0.3 is 15.2 Å². The van der Waals surface area contributed by atoms with Crippen molar-refractivity contribution in [1.82, 2.24) is 5.32 Å². The SMILES string of the molecule is CC(C)(CNCCOCCO)c1cccs1. The third-order valence-corrected chi connectivity index (χ3v) is 3.65. The van der Waals surface area contributed by atoms with E-state index < -0.39 is 0 Å². The number of rotatable bonds is 8. The van der Waals surface area contributed by atoms with E-state index in [1.165, 1.54) is 4.88 Å². The zero-order valence-electron chi connectivity index (χ0n) is 10.0. The summed E-state index contributed by atoms with van der Waals surface area (Å²) >= 11 is 1.80. The Hall–Kier alpha value is -0.420. The lowest BCUT2D eigenvalue weighted by atomic mass is 9.91. The summed E-state index contributed by atoms with van der Waals surface area (Å²) in [5.41, 5.74) is 0.172. The minimum Gasteiger partial charge on any atom is -0.394 e. The van der Waals surface area contributed by atoms with Gasteiger partial charge in [-0.25, -0.2) is 0 Å². The van der Waals surface area contributed by atoms with Crippen molar-refractivity contribution in [3.05, 3.63) is 22.4 Å². The molecule has 0 saturated carbocycles. The highest BCUT2D eigenvalue weighted by molar-refractivity contribution is 7.10. The normalized spacial score (nSPS) is 11.9. The molecule has 0 fully saturated rings. The molecule has 1 aromatic heterocycles. The molecule has 16 heavy (non-hydrogen) atoms. The van der Waals surface area contributed by atoms with Crippen LogP contribution in [0.2, 0.25) is 0 Å². The molecular formula is C12H21NO2S. The van der Waals surface area contributed by atoms with Gasteiger partial charge >= 0.3 is 0 Å². The number of aliphatic hydroxyl groups excluding tert-OH is 1. The largest absolute Gasteiger partial charge is 0.394 e. The zero-order chi connectivity index (χ0) is 11.9. The van der Waals surface area contributed by atoms with Crippen LogP contribution in [0.4, 0.5) is 0 Å². The number of nitrogens with one attached hydrogen (secondary N) is 1. The quantitative estimate of drug-likeness (QED) is 0.682. The van der Waals surface area contributed by atoms with Crippen LogP contribution in [-0.4, -0.2) is 38.0 Å². The van der Waals surface area contributed by atoms with Crippen molar-refractivity contribution in [3.63, 3.8) is 0 Å². The fraction of sp³-hybridized carbons (Fsp3) is 0.667. The van der Waals surface area contributed by atoms with Gasteiger partial charge in [-0.15, -0.1) is 11.3 Å². The maximum absolute atomic E-state index is 8.53. The molecular weight excluding hydrogens is 222 g/mol. The highest BCUT2D eigenvalue weighted by Gasteiger charge is 2.20.